The van der Waals surface area contributed by atoms with Crippen LogP contribution in [0.5, 0.6) is 11.5 Å². The third-order valence-electron chi connectivity index (χ3n) is 2.56. The smallest absolute Gasteiger partial charge is 0.163 e. The Kier molecular flexibility index (Phi) is 2.33. The van der Waals surface area contributed by atoms with Crippen molar-refractivity contribution in [3.05, 3.63) is 29.4 Å². The second-order valence-corrected chi connectivity index (χ2v) is 4.07. The molecule has 0 saturated carbocycles. The van der Waals surface area contributed by atoms with Crippen molar-refractivity contribution >= 4 is 22.5 Å². The number of ether oxygens (including phenoxy) is 2. The first-order valence-corrected chi connectivity index (χ1v) is 5.56. The highest BCUT2D eigenvalue weighted by atomic mass is 35.5. The van der Waals surface area contributed by atoms with E-state index < -0.39 is 0 Å². The minimum absolute atomic E-state index is 0.677. The molecule has 1 aliphatic heterocycles. The van der Waals surface area contributed by atoms with E-state index >= 15 is 0 Å². The lowest BCUT2D eigenvalue weighted by atomic mass is 10.2. The highest BCUT2D eigenvalue weighted by Gasteiger charge is 2.12. The maximum atomic E-state index is 6.10. The van der Waals surface area contributed by atoms with Crippen LogP contribution in [0.3, 0.4) is 0 Å². The summed E-state index contributed by atoms with van der Waals surface area (Å²) in [5, 5.41) is 1.58. The third kappa shape index (κ3) is 1.57. The van der Waals surface area contributed by atoms with Gasteiger partial charge in [0.2, 0.25) is 0 Å². The van der Waals surface area contributed by atoms with Crippen molar-refractivity contribution in [3.8, 4) is 11.5 Å². The van der Waals surface area contributed by atoms with Gasteiger partial charge in [-0.15, -0.1) is 0 Å². The van der Waals surface area contributed by atoms with Gasteiger partial charge in [0.15, 0.2) is 11.5 Å². The van der Waals surface area contributed by atoms with Crippen LogP contribution in [0.2, 0.25) is 5.02 Å². The van der Waals surface area contributed by atoms with E-state index in [-0.39, 0.29) is 0 Å². The van der Waals surface area contributed by atoms with Crippen LogP contribution in [0.4, 0.5) is 0 Å². The first-order chi connectivity index (χ1) is 7.84. The lowest BCUT2D eigenvalue weighted by Gasteiger charge is -2.08. The number of aromatic nitrogens is 1. The fourth-order valence-electron chi connectivity index (χ4n) is 1.77. The van der Waals surface area contributed by atoms with Gasteiger partial charge in [-0.05, 0) is 12.1 Å². The van der Waals surface area contributed by atoms with Crippen molar-refractivity contribution in [3.63, 3.8) is 0 Å². The summed E-state index contributed by atoms with van der Waals surface area (Å²) in [5.74, 6) is 1.50. The summed E-state index contributed by atoms with van der Waals surface area (Å²) in [6, 6.07) is 5.54. The van der Waals surface area contributed by atoms with Gasteiger partial charge in [-0.2, -0.15) is 0 Å². The molecule has 0 bridgehead atoms. The molecule has 2 aromatic rings. The number of hydrogen-bond acceptors (Lipinski definition) is 3. The van der Waals surface area contributed by atoms with Crippen LogP contribution < -0.4 is 9.47 Å². The molecule has 3 rings (SSSR count). The monoisotopic (exact) mass is 235 g/mol. The Labute approximate surface area is 98.0 Å². The van der Waals surface area contributed by atoms with Gasteiger partial charge >= 0.3 is 0 Å². The number of hydrogen-bond donors (Lipinski definition) is 0. The molecule has 0 saturated heterocycles. The first kappa shape index (κ1) is 9.73. The maximum Gasteiger partial charge on any atom is 0.163 e. The van der Waals surface area contributed by atoms with Crippen molar-refractivity contribution in [2.24, 2.45) is 0 Å². The Hall–Kier alpha value is -1.48. The van der Waals surface area contributed by atoms with Crippen LogP contribution in [-0.2, 0) is 0 Å². The fraction of sp³-hybridized carbons (Fsp3) is 0.250. The summed E-state index contributed by atoms with van der Waals surface area (Å²) in [6.07, 6.45) is 2.58. The van der Waals surface area contributed by atoms with Gasteiger partial charge < -0.3 is 9.47 Å². The van der Waals surface area contributed by atoms with E-state index in [9.17, 15) is 0 Å². The van der Waals surface area contributed by atoms with Gasteiger partial charge in [-0.1, -0.05) is 11.6 Å². The number of rotatable bonds is 0. The normalized spacial score (nSPS) is 14.8. The Bertz CT molecular complexity index is 542. The molecule has 4 heteroatoms. The van der Waals surface area contributed by atoms with Crippen LogP contribution >= 0.6 is 11.6 Å². The van der Waals surface area contributed by atoms with Crippen molar-refractivity contribution in [2.45, 2.75) is 6.42 Å². The van der Waals surface area contributed by atoms with E-state index in [1.165, 1.54) is 0 Å². The van der Waals surface area contributed by atoms with Gasteiger partial charge in [0.05, 0.1) is 23.8 Å². The van der Waals surface area contributed by atoms with E-state index in [1.807, 2.05) is 12.1 Å². The summed E-state index contributed by atoms with van der Waals surface area (Å²) >= 11 is 6.10. The van der Waals surface area contributed by atoms with Gasteiger partial charge in [0, 0.05) is 24.1 Å². The minimum atomic E-state index is 0.677. The van der Waals surface area contributed by atoms with Crippen molar-refractivity contribution in [1.29, 1.82) is 0 Å². The molecular formula is C12H10ClNO2. The molecule has 0 N–H and O–H groups in total. The molecule has 1 aromatic heterocycles. The number of nitrogens with zero attached hydrogens (tertiary/aromatic N) is 1. The Morgan fingerprint density at radius 2 is 1.88 bits per heavy atom. The molecule has 2 heterocycles. The van der Waals surface area contributed by atoms with Crippen molar-refractivity contribution in [2.75, 3.05) is 13.2 Å². The lowest BCUT2D eigenvalue weighted by molar-refractivity contribution is 0.297. The molecule has 16 heavy (non-hydrogen) atoms. The molecule has 3 nitrogen and oxygen atoms in total. The number of halogens is 1. The molecule has 0 unspecified atom stereocenters. The van der Waals surface area contributed by atoms with E-state index in [0.717, 1.165) is 28.8 Å². The van der Waals surface area contributed by atoms with Crippen LogP contribution in [0.1, 0.15) is 6.42 Å². The van der Waals surface area contributed by atoms with Crippen molar-refractivity contribution < 1.29 is 9.47 Å². The Morgan fingerprint density at radius 1 is 1.12 bits per heavy atom. The van der Waals surface area contributed by atoms with Crippen LogP contribution in [-0.4, -0.2) is 18.2 Å². The van der Waals surface area contributed by atoms with Gasteiger partial charge in [-0.25, -0.2) is 0 Å². The Balaban J connectivity index is 2.24. The van der Waals surface area contributed by atoms with E-state index in [2.05, 4.69) is 4.98 Å². The van der Waals surface area contributed by atoms with Crippen LogP contribution in [0, 0.1) is 0 Å². The molecule has 1 aromatic carbocycles. The van der Waals surface area contributed by atoms with Crippen molar-refractivity contribution in [1.82, 2.24) is 4.98 Å². The SMILES string of the molecule is Clc1ccnc2cc3c(cc12)OCCCO3. The molecule has 0 fully saturated rings. The quantitative estimate of drug-likeness (QED) is 0.703. The standard InChI is InChI=1S/C12H10ClNO2/c13-9-2-3-14-10-7-12-11(6-8(9)10)15-4-1-5-16-12/h2-3,6-7H,1,4-5H2. The van der Waals surface area contributed by atoms with Gasteiger partial charge in [0.25, 0.3) is 0 Å². The summed E-state index contributed by atoms with van der Waals surface area (Å²) < 4.78 is 11.2. The van der Waals surface area contributed by atoms with Crippen LogP contribution in [0.15, 0.2) is 24.4 Å². The summed E-state index contributed by atoms with van der Waals surface area (Å²) in [7, 11) is 0. The predicted molar refractivity (Wildman–Crippen MR) is 62.4 cm³/mol. The average Bonchev–Trinajstić information content (AvgIpc) is 2.52. The summed E-state index contributed by atoms with van der Waals surface area (Å²) in [5.41, 5.74) is 0.830. The summed E-state index contributed by atoms with van der Waals surface area (Å²) in [6.45, 7) is 1.36. The van der Waals surface area contributed by atoms with E-state index in [4.69, 9.17) is 21.1 Å². The number of fused-ring (bicyclic) bond motifs is 2. The topological polar surface area (TPSA) is 31.4 Å². The zero-order valence-electron chi connectivity index (χ0n) is 8.57. The minimum Gasteiger partial charge on any atom is -0.490 e. The van der Waals surface area contributed by atoms with E-state index in [1.54, 1.807) is 12.3 Å². The molecule has 0 amide bonds. The largest absolute Gasteiger partial charge is 0.490 e. The van der Waals surface area contributed by atoms with Crippen LogP contribution in [0.25, 0.3) is 10.9 Å². The zero-order valence-corrected chi connectivity index (χ0v) is 9.33. The zero-order chi connectivity index (χ0) is 11.0. The maximum absolute atomic E-state index is 6.10. The Morgan fingerprint density at radius 3 is 2.69 bits per heavy atom. The second kappa shape index (κ2) is 3.83. The van der Waals surface area contributed by atoms with Gasteiger partial charge in [-0.3, -0.25) is 4.98 Å². The molecule has 82 valence electrons. The molecule has 1 aliphatic rings. The van der Waals surface area contributed by atoms with Gasteiger partial charge in [0.1, 0.15) is 0 Å². The molecule has 0 aliphatic carbocycles. The highest BCUT2D eigenvalue weighted by molar-refractivity contribution is 6.35. The second-order valence-electron chi connectivity index (χ2n) is 3.66. The number of benzene rings is 1. The summed E-state index contributed by atoms with van der Waals surface area (Å²) in [4.78, 5) is 4.26. The molecule has 0 radical (unpaired) electrons. The van der Waals surface area contributed by atoms with E-state index in [0.29, 0.717) is 18.2 Å². The molecule has 0 atom stereocenters. The molecular weight excluding hydrogens is 226 g/mol. The number of pyridine rings is 1. The predicted octanol–water partition coefficient (Wildman–Crippen LogP) is 3.05. The fourth-order valence-corrected chi connectivity index (χ4v) is 1.98. The highest BCUT2D eigenvalue weighted by Crippen LogP contribution is 2.35. The lowest BCUT2D eigenvalue weighted by Crippen LogP contribution is -1.97. The first-order valence-electron chi connectivity index (χ1n) is 5.18. The third-order valence-corrected chi connectivity index (χ3v) is 2.89. The molecule has 0 spiro atoms. The average molecular weight is 236 g/mol.